The summed E-state index contributed by atoms with van der Waals surface area (Å²) >= 11 is 0. The maximum absolute atomic E-state index is 10.5. The Morgan fingerprint density at radius 2 is 2.18 bits per heavy atom. The molecule has 0 aliphatic carbocycles. The van der Waals surface area contributed by atoms with E-state index in [0.717, 1.165) is 31.6 Å². The first-order valence-electron chi connectivity index (χ1n) is 5.45. The lowest BCUT2D eigenvalue weighted by Gasteiger charge is -2.29. The highest BCUT2D eigenvalue weighted by atomic mass is 16.6. The van der Waals surface area contributed by atoms with Gasteiger partial charge in [-0.2, -0.15) is 5.26 Å². The van der Waals surface area contributed by atoms with Gasteiger partial charge in [-0.15, -0.1) is 0 Å². The number of nitro groups is 1. The fraction of sp³-hybridized carbons (Fsp3) is 0.455. The highest BCUT2D eigenvalue weighted by Gasteiger charge is 2.20. The monoisotopic (exact) mass is 232 g/mol. The quantitative estimate of drug-likeness (QED) is 0.572. The summed E-state index contributed by atoms with van der Waals surface area (Å²) in [7, 11) is 0. The molecule has 1 aliphatic heterocycles. The molecule has 6 nitrogen and oxygen atoms in total. The van der Waals surface area contributed by atoms with Crippen LogP contribution in [0.3, 0.4) is 0 Å². The number of aromatic nitrogens is 1. The van der Waals surface area contributed by atoms with Gasteiger partial charge in [0.25, 0.3) is 0 Å². The maximum atomic E-state index is 10.5. The number of pyridine rings is 1. The molecule has 0 atom stereocenters. The summed E-state index contributed by atoms with van der Waals surface area (Å²) in [4.78, 5) is 15.8. The topological polar surface area (TPSA) is 83.1 Å². The molecule has 0 saturated carbocycles. The van der Waals surface area contributed by atoms with Crippen molar-refractivity contribution in [1.29, 1.82) is 5.26 Å². The van der Waals surface area contributed by atoms with Crippen LogP contribution in [0, 0.1) is 27.4 Å². The number of anilines is 1. The molecule has 0 N–H and O–H groups in total. The van der Waals surface area contributed by atoms with Crippen molar-refractivity contribution < 1.29 is 4.92 Å². The Labute approximate surface area is 98.6 Å². The Morgan fingerprint density at radius 3 is 2.65 bits per heavy atom. The van der Waals surface area contributed by atoms with Gasteiger partial charge >= 0.3 is 5.82 Å². The van der Waals surface area contributed by atoms with Crippen LogP contribution in [0.1, 0.15) is 12.8 Å². The van der Waals surface area contributed by atoms with Crippen LogP contribution < -0.4 is 4.90 Å². The zero-order valence-electron chi connectivity index (χ0n) is 9.24. The van der Waals surface area contributed by atoms with Crippen molar-refractivity contribution in [3.8, 4) is 6.07 Å². The Kier molecular flexibility index (Phi) is 3.19. The average molecular weight is 232 g/mol. The molecule has 1 saturated heterocycles. The standard InChI is InChI=1S/C11H12N4O2/c12-7-9-3-5-14(6-4-9)10-1-2-11(13-8-10)15(16)17/h1-2,8-9H,3-6H2. The molecule has 17 heavy (non-hydrogen) atoms. The van der Waals surface area contributed by atoms with Gasteiger partial charge in [-0.25, -0.2) is 0 Å². The van der Waals surface area contributed by atoms with Crippen LogP contribution in [0.5, 0.6) is 0 Å². The van der Waals surface area contributed by atoms with Crippen molar-refractivity contribution >= 4 is 11.5 Å². The van der Waals surface area contributed by atoms with Crippen LogP contribution in [0.4, 0.5) is 11.5 Å². The lowest BCUT2D eigenvalue weighted by atomic mass is 9.98. The number of hydrogen-bond acceptors (Lipinski definition) is 5. The normalized spacial score (nSPS) is 16.5. The van der Waals surface area contributed by atoms with Crippen LogP contribution >= 0.6 is 0 Å². The third kappa shape index (κ3) is 2.50. The number of nitrogens with zero attached hydrogens (tertiary/aromatic N) is 4. The van der Waals surface area contributed by atoms with E-state index in [1.165, 1.54) is 12.3 Å². The Hall–Kier alpha value is -2.16. The number of nitriles is 1. The van der Waals surface area contributed by atoms with E-state index in [4.69, 9.17) is 5.26 Å². The van der Waals surface area contributed by atoms with E-state index in [1.807, 2.05) is 0 Å². The molecular formula is C11H12N4O2. The molecule has 0 unspecified atom stereocenters. The SMILES string of the molecule is N#CC1CCN(c2ccc([N+](=O)[O-])nc2)CC1. The third-order valence-electron chi connectivity index (χ3n) is 2.96. The van der Waals surface area contributed by atoms with Crippen molar-refractivity contribution in [1.82, 2.24) is 4.98 Å². The first kappa shape index (κ1) is 11.3. The highest BCUT2D eigenvalue weighted by molar-refractivity contribution is 5.46. The smallest absolute Gasteiger partial charge is 0.363 e. The number of piperidine rings is 1. The van der Waals surface area contributed by atoms with Crippen molar-refractivity contribution in [3.05, 3.63) is 28.4 Å². The van der Waals surface area contributed by atoms with Gasteiger partial charge in [0.15, 0.2) is 6.20 Å². The molecule has 88 valence electrons. The van der Waals surface area contributed by atoms with Crippen molar-refractivity contribution in [3.63, 3.8) is 0 Å². The summed E-state index contributed by atoms with van der Waals surface area (Å²) in [5.74, 6) is -0.00193. The molecule has 1 aromatic rings. The van der Waals surface area contributed by atoms with Gasteiger partial charge in [0.05, 0.1) is 11.8 Å². The Balaban J connectivity index is 2.04. The molecule has 1 aliphatic rings. The summed E-state index contributed by atoms with van der Waals surface area (Å²) in [6.07, 6.45) is 3.20. The van der Waals surface area contributed by atoms with Crippen molar-refractivity contribution in [2.45, 2.75) is 12.8 Å². The summed E-state index contributed by atoms with van der Waals surface area (Å²) in [5, 5.41) is 19.3. The maximum Gasteiger partial charge on any atom is 0.363 e. The van der Waals surface area contributed by atoms with E-state index in [-0.39, 0.29) is 11.7 Å². The molecule has 2 rings (SSSR count). The van der Waals surface area contributed by atoms with E-state index in [9.17, 15) is 10.1 Å². The highest BCUT2D eigenvalue weighted by Crippen LogP contribution is 2.23. The average Bonchev–Trinajstić information content (AvgIpc) is 2.39. The van der Waals surface area contributed by atoms with Crippen LogP contribution in [-0.4, -0.2) is 23.0 Å². The minimum atomic E-state index is -0.508. The molecule has 0 amide bonds. The lowest BCUT2D eigenvalue weighted by molar-refractivity contribution is -0.389. The van der Waals surface area contributed by atoms with Crippen molar-refractivity contribution in [2.24, 2.45) is 5.92 Å². The second-order valence-corrected chi connectivity index (χ2v) is 4.02. The minimum Gasteiger partial charge on any atom is -0.368 e. The van der Waals surface area contributed by atoms with Crippen LogP contribution in [0.15, 0.2) is 18.3 Å². The number of rotatable bonds is 2. The van der Waals surface area contributed by atoms with Gasteiger partial charge in [0.2, 0.25) is 0 Å². The summed E-state index contributed by atoms with van der Waals surface area (Å²) < 4.78 is 0. The van der Waals surface area contributed by atoms with Crippen LogP contribution in [0.2, 0.25) is 0 Å². The van der Waals surface area contributed by atoms with Gasteiger partial charge < -0.3 is 15.0 Å². The second-order valence-electron chi connectivity index (χ2n) is 4.02. The molecule has 2 heterocycles. The van der Waals surface area contributed by atoms with Crippen molar-refractivity contribution in [2.75, 3.05) is 18.0 Å². The van der Waals surface area contributed by atoms with Gasteiger partial charge in [-0.1, -0.05) is 0 Å². The van der Waals surface area contributed by atoms with Gasteiger partial charge in [-0.3, -0.25) is 0 Å². The van der Waals surface area contributed by atoms with E-state index >= 15 is 0 Å². The van der Waals surface area contributed by atoms with Gasteiger partial charge in [0, 0.05) is 25.1 Å². The van der Waals surface area contributed by atoms with Gasteiger partial charge in [0.1, 0.15) is 0 Å². The first-order chi connectivity index (χ1) is 8.20. The zero-order valence-corrected chi connectivity index (χ0v) is 9.24. The molecule has 0 spiro atoms. The first-order valence-corrected chi connectivity index (χ1v) is 5.45. The Bertz CT molecular complexity index is 444. The molecule has 1 fully saturated rings. The summed E-state index contributed by atoms with van der Waals surface area (Å²) in [6, 6.07) is 5.38. The Morgan fingerprint density at radius 1 is 1.47 bits per heavy atom. The van der Waals surface area contributed by atoms with E-state index in [0.29, 0.717) is 0 Å². The minimum absolute atomic E-state index is 0.136. The largest absolute Gasteiger partial charge is 0.368 e. The summed E-state index contributed by atoms with van der Waals surface area (Å²) in [5.41, 5.74) is 0.881. The van der Waals surface area contributed by atoms with E-state index in [2.05, 4.69) is 16.0 Å². The predicted molar refractivity (Wildman–Crippen MR) is 61.4 cm³/mol. The number of hydrogen-bond donors (Lipinski definition) is 0. The second kappa shape index (κ2) is 4.78. The van der Waals surface area contributed by atoms with E-state index in [1.54, 1.807) is 6.07 Å². The zero-order chi connectivity index (χ0) is 12.3. The fourth-order valence-electron chi connectivity index (χ4n) is 1.94. The predicted octanol–water partition coefficient (Wildman–Crippen LogP) is 1.73. The van der Waals surface area contributed by atoms with Crippen LogP contribution in [-0.2, 0) is 0 Å². The lowest BCUT2D eigenvalue weighted by Crippen LogP contribution is -2.33. The summed E-state index contributed by atoms with van der Waals surface area (Å²) in [6.45, 7) is 1.61. The van der Waals surface area contributed by atoms with Crippen LogP contribution in [0.25, 0.3) is 0 Å². The molecule has 0 aromatic carbocycles. The molecule has 0 bridgehead atoms. The fourth-order valence-corrected chi connectivity index (χ4v) is 1.94. The molecule has 6 heteroatoms. The third-order valence-corrected chi connectivity index (χ3v) is 2.96. The molecule has 0 radical (unpaired) electrons. The van der Waals surface area contributed by atoms with E-state index < -0.39 is 4.92 Å². The molecular weight excluding hydrogens is 220 g/mol. The van der Waals surface area contributed by atoms with Gasteiger partial charge in [-0.05, 0) is 28.8 Å². The molecule has 1 aromatic heterocycles.